The molecule has 2 aromatic rings. The highest BCUT2D eigenvalue weighted by Crippen LogP contribution is 2.43. The summed E-state index contributed by atoms with van der Waals surface area (Å²) >= 11 is 0. The van der Waals surface area contributed by atoms with Crippen molar-refractivity contribution >= 4 is 11.9 Å². The van der Waals surface area contributed by atoms with Gasteiger partial charge in [-0.2, -0.15) is 0 Å². The number of esters is 2. The third-order valence-electron chi connectivity index (χ3n) is 12.3. The van der Waals surface area contributed by atoms with Gasteiger partial charge in [0.15, 0.2) is 11.6 Å². The minimum absolute atomic E-state index is 0.111. The second-order valence-electron chi connectivity index (χ2n) is 16.3. The van der Waals surface area contributed by atoms with Gasteiger partial charge in [-0.1, -0.05) is 39.5 Å². The fourth-order valence-corrected chi connectivity index (χ4v) is 9.03. The Bertz CT molecular complexity index is 1510. The molecule has 0 atom stereocenters. The average molecular weight is 787 g/mol. The number of rotatable bonds is 8. The van der Waals surface area contributed by atoms with Gasteiger partial charge in [-0.3, -0.25) is 9.59 Å². The first-order valence-electron chi connectivity index (χ1n) is 19.9. The van der Waals surface area contributed by atoms with E-state index in [9.17, 15) is 40.3 Å². The number of hydrogen-bond donors (Lipinski definition) is 0. The molecule has 306 valence electrons. The van der Waals surface area contributed by atoms with Gasteiger partial charge in [0.05, 0.1) is 11.8 Å². The lowest BCUT2D eigenvalue weighted by atomic mass is 9.69. The Kier molecular flexibility index (Phi) is 14.8. The van der Waals surface area contributed by atoms with E-state index in [2.05, 4.69) is 23.3 Å². The Morgan fingerprint density at radius 3 is 1.22 bits per heavy atom. The van der Waals surface area contributed by atoms with Gasteiger partial charge in [0.2, 0.25) is 0 Å². The van der Waals surface area contributed by atoms with Gasteiger partial charge in [-0.15, -0.1) is 26.3 Å². The molecule has 0 aliphatic heterocycles. The summed E-state index contributed by atoms with van der Waals surface area (Å²) in [6.45, 7) is 4.62. The van der Waals surface area contributed by atoms with Crippen molar-refractivity contribution in [2.24, 2.45) is 47.3 Å². The molecule has 4 saturated carbocycles. The maximum atomic E-state index is 13.7. The van der Waals surface area contributed by atoms with Crippen molar-refractivity contribution in [2.75, 3.05) is 0 Å². The van der Waals surface area contributed by atoms with Crippen molar-refractivity contribution in [3.63, 3.8) is 0 Å². The Labute approximate surface area is 318 Å². The smallest absolute Gasteiger partial charge is 0.426 e. The minimum Gasteiger partial charge on any atom is -0.426 e. The SMILES string of the molecule is CC1CCC(C2CCC(C(=O)Oc3ccc(OC(F)(F)F)c(F)c3)CC2)CC1.CC1CCC(C2CCC(C(=O)Oc3ccc(OC(F)(F)F)cc3)CC2)CC1. The highest BCUT2D eigenvalue weighted by molar-refractivity contribution is 5.75. The predicted octanol–water partition coefficient (Wildman–Crippen LogP) is 12.4. The zero-order chi connectivity index (χ0) is 39.8. The van der Waals surface area contributed by atoms with Gasteiger partial charge in [0.1, 0.15) is 17.2 Å². The van der Waals surface area contributed by atoms with E-state index in [1.807, 2.05) is 0 Å². The lowest BCUT2D eigenvalue weighted by Gasteiger charge is -2.36. The molecule has 4 aliphatic rings. The van der Waals surface area contributed by atoms with Crippen LogP contribution in [0, 0.1) is 53.2 Å². The second-order valence-corrected chi connectivity index (χ2v) is 16.3. The molecule has 0 aromatic heterocycles. The molecule has 0 unspecified atom stereocenters. The number of alkyl halides is 6. The summed E-state index contributed by atoms with van der Waals surface area (Å²) in [5, 5.41) is 0. The first-order valence-corrected chi connectivity index (χ1v) is 19.9. The molecular weight excluding hydrogens is 733 g/mol. The number of ether oxygens (including phenoxy) is 4. The van der Waals surface area contributed by atoms with Crippen LogP contribution in [0.1, 0.15) is 117 Å². The Morgan fingerprint density at radius 1 is 0.491 bits per heavy atom. The van der Waals surface area contributed by atoms with Crippen LogP contribution in [0.25, 0.3) is 0 Å². The molecule has 0 N–H and O–H groups in total. The van der Waals surface area contributed by atoms with E-state index in [4.69, 9.17) is 9.47 Å². The fourth-order valence-electron chi connectivity index (χ4n) is 9.03. The molecule has 0 heterocycles. The highest BCUT2D eigenvalue weighted by atomic mass is 19.4. The van der Waals surface area contributed by atoms with Gasteiger partial charge in [0, 0.05) is 6.07 Å². The molecule has 13 heteroatoms. The number of carbonyl (C=O) groups is 2. The van der Waals surface area contributed by atoms with E-state index in [1.165, 1.54) is 63.5 Å². The minimum atomic E-state index is -4.98. The molecule has 4 fully saturated rings. The highest BCUT2D eigenvalue weighted by Gasteiger charge is 2.36. The van der Waals surface area contributed by atoms with Crippen LogP contribution in [0.3, 0.4) is 0 Å². The molecule has 4 aliphatic carbocycles. The monoisotopic (exact) mass is 786 g/mol. The third kappa shape index (κ3) is 13.6. The van der Waals surface area contributed by atoms with Gasteiger partial charge < -0.3 is 18.9 Å². The van der Waals surface area contributed by atoms with Crippen LogP contribution in [-0.2, 0) is 9.59 Å². The Balaban J connectivity index is 0.000000211. The maximum Gasteiger partial charge on any atom is 0.573 e. The normalized spacial score (nSPS) is 28.9. The van der Waals surface area contributed by atoms with Crippen molar-refractivity contribution < 1.29 is 59.3 Å². The molecule has 0 spiro atoms. The van der Waals surface area contributed by atoms with Crippen molar-refractivity contribution in [1.82, 2.24) is 0 Å². The summed E-state index contributed by atoms with van der Waals surface area (Å²) < 4.78 is 105. The van der Waals surface area contributed by atoms with E-state index in [0.717, 1.165) is 111 Å². The Hall–Kier alpha value is -3.51. The Morgan fingerprint density at radius 2 is 0.836 bits per heavy atom. The van der Waals surface area contributed by atoms with Crippen LogP contribution in [0.15, 0.2) is 42.5 Å². The van der Waals surface area contributed by atoms with Gasteiger partial charge >= 0.3 is 24.7 Å². The van der Waals surface area contributed by atoms with Gasteiger partial charge in [-0.05, 0) is 149 Å². The molecule has 0 amide bonds. The molecule has 6 nitrogen and oxygen atoms in total. The summed E-state index contributed by atoms with van der Waals surface area (Å²) in [4.78, 5) is 24.7. The largest absolute Gasteiger partial charge is 0.573 e. The van der Waals surface area contributed by atoms with E-state index in [1.54, 1.807) is 0 Å². The first-order chi connectivity index (χ1) is 26.0. The fraction of sp³-hybridized carbons (Fsp3) is 0.667. The molecule has 0 bridgehead atoms. The van der Waals surface area contributed by atoms with Crippen molar-refractivity contribution in [3.8, 4) is 23.0 Å². The number of benzene rings is 2. The van der Waals surface area contributed by atoms with E-state index in [0.29, 0.717) is 5.92 Å². The lowest BCUT2D eigenvalue weighted by molar-refractivity contribution is -0.276. The number of carbonyl (C=O) groups excluding carboxylic acids is 2. The average Bonchev–Trinajstić information content (AvgIpc) is 3.13. The summed E-state index contributed by atoms with van der Waals surface area (Å²) in [6, 6.07) is 7.62. The van der Waals surface area contributed by atoms with Crippen molar-refractivity contribution in [2.45, 2.75) is 129 Å². The second kappa shape index (κ2) is 19.1. The van der Waals surface area contributed by atoms with Gasteiger partial charge in [0.25, 0.3) is 0 Å². The topological polar surface area (TPSA) is 71.1 Å². The molecule has 55 heavy (non-hydrogen) atoms. The van der Waals surface area contributed by atoms with Crippen LogP contribution >= 0.6 is 0 Å². The van der Waals surface area contributed by atoms with Gasteiger partial charge in [-0.25, -0.2) is 4.39 Å². The summed E-state index contributed by atoms with van der Waals surface area (Å²) in [6.07, 6.45) is 7.95. The van der Waals surface area contributed by atoms with Crippen LogP contribution in [0.4, 0.5) is 30.7 Å². The van der Waals surface area contributed by atoms with E-state index >= 15 is 0 Å². The molecule has 6 rings (SSSR count). The zero-order valence-corrected chi connectivity index (χ0v) is 31.6. The predicted molar refractivity (Wildman–Crippen MR) is 191 cm³/mol. The molecular formula is C42H53F7O6. The molecule has 0 radical (unpaired) electrons. The van der Waals surface area contributed by atoms with Crippen LogP contribution in [0.2, 0.25) is 0 Å². The van der Waals surface area contributed by atoms with Crippen LogP contribution < -0.4 is 18.9 Å². The van der Waals surface area contributed by atoms with Crippen LogP contribution in [-0.4, -0.2) is 24.7 Å². The summed E-state index contributed by atoms with van der Waals surface area (Å²) in [5.74, 6) is 1.15. The molecule has 0 saturated heterocycles. The van der Waals surface area contributed by atoms with E-state index in [-0.39, 0.29) is 35.1 Å². The quantitative estimate of drug-likeness (QED) is 0.151. The third-order valence-corrected chi connectivity index (χ3v) is 12.3. The number of hydrogen-bond acceptors (Lipinski definition) is 6. The van der Waals surface area contributed by atoms with Crippen molar-refractivity contribution in [1.29, 1.82) is 0 Å². The lowest BCUT2D eigenvalue weighted by Crippen LogP contribution is -2.29. The first kappa shape index (κ1) is 42.6. The van der Waals surface area contributed by atoms with Crippen LogP contribution in [0.5, 0.6) is 23.0 Å². The zero-order valence-electron chi connectivity index (χ0n) is 31.6. The molecule has 2 aromatic carbocycles. The van der Waals surface area contributed by atoms with Crippen molar-refractivity contribution in [3.05, 3.63) is 48.3 Å². The number of halogens is 7. The standard InChI is InChI=1S/C21H26F4O3.C21H27F3O3/c1-13-2-4-14(5-3-13)15-6-8-16(9-7-15)20(26)27-17-10-11-19(18(22)12-17)28-21(23,24)25;1-14-2-4-15(5-3-14)16-6-8-17(9-7-16)20(25)26-18-10-12-19(13-11-18)27-21(22,23)24/h10-16H,2-9H2,1H3;10-17H,2-9H2,1H3. The van der Waals surface area contributed by atoms with E-state index < -0.39 is 30.3 Å². The summed E-state index contributed by atoms with van der Waals surface area (Å²) in [5.41, 5.74) is 0. The maximum absolute atomic E-state index is 13.7. The summed E-state index contributed by atoms with van der Waals surface area (Å²) in [7, 11) is 0.